The maximum Gasteiger partial charge on any atom is 0.407 e. The third-order valence-electron chi connectivity index (χ3n) is 4.36. The van der Waals surface area contributed by atoms with E-state index < -0.39 is 6.09 Å². The molecule has 1 amide bonds. The molecule has 0 saturated heterocycles. The van der Waals surface area contributed by atoms with Crippen LogP contribution in [0, 0.1) is 11.8 Å². The molecule has 1 atom stereocenters. The fourth-order valence-electron chi connectivity index (χ4n) is 2.91. The summed E-state index contributed by atoms with van der Waals surface area (Å²) in [5, 5.41) is 2.65. The quantitative estimate of drug-likeness (QED) is 0.837. The first-order chi connectivity index (χ1) is 10.6. The van der Waals surface area contributed by atoms with Gasteiger partial charge in [-0.2, -0.15) is 0 Å². The van der Waals surface area contributed by atoms with Crippen molar-refractivity contribution in [2.45, 2.75) is 45.3 Å². The van der Waals surface area contributed by atoms with Gasteiger partial charge >= 0.3 is 6.09 Å². The molecule has 0 heterocycles. The lowest BCUT2D eigenvalue weighted by molar-refractivity contribution is -0.116. The van der Waals surface area contributed by atoms with Crippen LogP contribution in [-0.4, -0.2) is 17.4 Å². The van der Waals surface area contributed by atoms with Crippen molar-refractivity contribution in [2.24, 2.45) is 11.8 Å². The van der Waals surface area contributed by atoms with E-state index in [0.29, 0.717) is 5.92 Å². The van der Waals surface area contributed by atoms with Crippen LogP contribution in [-0.2, 0) is 16.1 Å². The summed E-state index contributed by atoms with van der Waals surface area (Å²) in [6.45, 7) is 2.25. The van der Waals surface area contributed by atoms with E-state index >= 15 is 0 Å². The van der Waals surface area contributed by atoms with E-state index in [1.54, 1.807) is 0 Å². The van der Waals surface area contributed by atoms with Crippen LogP contribution in [0.4, 0.5) is 4.79 Å². The Morgan fingerprint density at radius 2 is 1.86 bits per heavy atom. The summed E-state index contributed by atoms with van der Waals surface area (Å²) < 4.78 is 5.22. The molecule has 2 rings (SSSR count). The fourth-order valence-corrected chi connectivity index (χ4v) is 3.13. The molecule has 0 radical (unpaired) electrons. The Hall–Kier alpha value is -1.55. The van der Waals surface area contributed by atoms with Crippen LogP contribution in [0.15, 0.2) is 30.3 Å². The molecule has 1 saturated carbocycles. The first kappa shape index (κ1) is 16.8. The summed E-state index contributed by atoms with van der Waals surface area (Å²) in [5.41, 5.74) is 0.964. The lowest BCUT2D eigenvalue weighted by atomic mass is 9.79. The number of halogens is 1. The van der Waals surface area contributed by atoms with Crippen molar-refractivity contribution < 1.29 is 14.3 Å². The van der Waals surface area contributed by atoms with Crippen molar-refractivity contribution in [3.8, 4) is 0 Å². The number of hydrogen-bond donors (Lipinski definition) is 1. The van der Waals surface area contributed by atoms with Gasteiger partial charge in [0.15, 0.2) is 0 Å². The summed E-state index contributed by atoms with van der Waals surface area (Å²) in [6.07, 6.45) is 3.02. The van der Waals surface area contributed by atoms with Crippen molar-refractivity contribution in [2.75, 3.05) is 0 Å². The second-order valence-corrected chi connectivity index (χ2v) is 6.28. The van der Waals surface area contributed by atoms with Crippen LogP contribution in [0.2, 0.25) is 0 Å². The SMILES string of the molecule is CC(NC(=O)OCc1ccccc1)C1CCC(C(=O)Cl)CC1. The molecule has 0 aliphatic heterocycles. The summed E-state index contributed by atoms with van der Waals surface area (Å²) in [5.74, 6) is 0.353. The second kappa shape index (κ2) is 8.18. The minimum absolute atomic E-state index is 0.0184. The van der Waals surface area contributed by atoms with Gasteiger partial charge in [-0.3, -0.25) is 4.79 Å². The number of amides is 1. The Labute approximate surface area is 136 Å². The number of alkyl carbamates (subject to hydrolysis) is 1. The van der Waals surface area contributed by atoms with E-state index in [2.05, 4.69) is 5.32 Å². The Kier molecular flexibility index (Phi) is 6.25. The van der Waals surface area contributed by atoms with E-state index in [0.717, 1.165) is 31.2 Å². The van der Waals surface area contributed by atoms with Gasteiger partial charge in [0.1, 0.15) is 6.61 Å². The predicted octanol–water partition coefficient (Wildman–Crippen LogP) is 3.87. The van der Waals surface area contributed by atoms with Gasteiger partial charge in [0.05, 0.1) is 0 Å². The van der Waals surface area contributed by atoms with Crippen LogP contribution in [0.1, 0.15) is 38.2 Å². The Bertz CT molecular complexity index is 498. The normalized spacial score (nSPS) is 22.6. The molecule has 1 fully saturated rings. The van der Waals surface area contributed by atoms with E-state index in [4.69, 9.17) is 16.3 Å². The Morgan fingerprint density at radius 3 is 2.45 bits per heavy atom. The van der Waals surface area contributed by atoms with E-state index in [9.17, 15) is 9.59 Å². The lowest BCUT2D eigenvalue weighted by Crippen LogP contribution is -2.40. The zero-order valence-electron chi connectivity index (χ0n) is 12.8. The topological polar surface area (TPSA) is 55.4 Å². The van der Waals surface area contributed by atoms with Gasteiger partial charge in [-0.1, -0.05) is 30.3 Å². The Morgan fingerprint density at radius 1 is 1.23 bits per heavy atom. The summed E-state index contributed by atoms with van der Waals surface area (Å²) in [6, 6.07) is 9.62. The molecule has 0 bridgehead atoms. The van der Waals surface area contributed by atoms with Crippen LogP contribution >= 0.6 is 11.6 Å². The molecule has 1 N–H and O–H groups in total. The summed E-state index contributed by atoms with van der Waals surface area (Å²) in [4.78, 5) is 23.0. The summed E-state index contributed by atoms with van der Waals surface area (Å²) >= 11 is 5.54. The largest absolute Gasteiger partial charge is 0.445 e. The molecular formula is C17H22ClNO3. The van der Waals surface area contributed by atoms with Crippen molar-refractivity contribution >= 4 is 22.9 Å². The second-order valence-electron chi connectivity index (χ2n) is 5.91. The maximum atomic E-state index is 11.8. The minimum atomic E-state index is -0.396. The Balaban J connectivity index is 1.71. The highest BCUT2D eigenvalue weighted by Crippen LogP contribution is 2.32. The average molecular weight is 324 g/mol. The fraction of sp³-hybridized carbons (Fsp3) is 0.529. The highest BCUT2D eigenvalue weighted by Gasteiger charge is 2.29. The van der Waals surface area contributed by atoms with Crippen molar-refractivity contribution in [1.29, 1.82) is 0 Å². The molecule has 120 valence electrons. The number of ether oxygens (including phenoxy) is 1. The first-order valence-corrected chi connectivity index (χ1v) is 8.10. The number of rotatable bonds is 5. The molecule has 1 unspecified atom stereocenters. The highest BCUT2D eigenvalue weighted by atomic mass is 35.5. The number of hydrogen-bond acceptors (Lipinski definition) is 3. The molecule has 0 aromatic heterocycles. The predicted molar refractivity (Wildman–Crippen MR) is 85.5 cm³/mol. The van der Waals surface area contributed by atoms with Gasteiger partial charge in [-0.15, -0.1) is 0 Å². The molecule has 5 heteroatoms. The van der Waals surface area contributed by atoms with E-state index in [-0.39, 0.29) is 23.8 Å². The molecular weight excluding hydrogens is 302 g/mol. The zero-order valence-corrected chi connectivity index (χ0v) is 13.5. The van der Waals surface area contributed by atoms with Crippen LogP contribution in [0.25, 0.3) is 0 Å². The molecule has 1 aromatic carbocycles. The molecule has 1 aliphatic carbocycles. The van der Waals surface area contributed by atoms with Crippen molar-refractivity contribution in [3.63, 3.8) is 0 Å². The zero-order chi connectivity index (χ0) is 15.9. The van der Waals surface area contributed by atoms with Crippen LogP contribution in [0.5, 0.6) is 0 Å². The molecule has 0 spiro atoms. The van der Waals surface area contributed by atoms with Gasteiger partial charge < -0.3 is 10.1 Å². The van der Waals surface area contributed by atoms with Gasteiger partial charge in [-0.25, -0.2) is 4.79 Å². The van der Waals surface area contributed by atoms with Crippen LogP contribution < -0.4 is 5.32 Å². The number of carbonyl (C=O) groups excluding carboxylic acids is 2. The molecule has 1 aromatic rings. The number of benzene rings is 1. The van der Waals surface area contributed by atoms with Crippen molar-refractivity contribution in [3.05, 3.63) is 35.9 Å². The molecule has 22 heavy (non-hydrogen) atoms. The van der Waals surface area contributed by atoms with Gasteiger partial charge in [0, 0.05) is 12.0 Å². The van der Waals surface area contributed by atoms with E-state index in [1.165, 1.54) is 0 Å². The minimum Gasteiger partial charge on any atom is -0.445 e. The van der Waals surface area contributed by atoms with Gasteiger partial charge in [0.25, 0.3) is 0 Å². The van der Waals surface area contributed by atoms with Gasteiger partial charge in [0.2, 0.25) is 5.24 Å². The first-order valence-electron chi connectivity index (χ1n) is 7.73. The van der Waals surface area contributed by atoms with Crippen LogP contribution in [0.3, 0.4) is 0 Å². The average Bonchev–Trinajstić information content (AvgIpc) is 2.54. The van der Waals surface area contributed by atoms with E-state index in [1.807, 2.05) is 37.3 Å². The van der Waals surface area contributed by atoms with Gasteiger partial charge in [-0.05, 0) is 55.7 Å². The molecule has 4 nitrogen and oxygen atoms in total. The molecule has 1 aliphatic rings. The monoisotopic (exact) mass is 323 g/mol. The highest BCUT2D eigenvalue weighted by molar-refractivity contribution is 6.63. The lowest BCUT2D eigenvalue weighted by Gasteiger charge is -2.30. The standard InChI is InChI=1S/C17H22ClNO3/c1-12(14-7-9-15(10-8-14)16(18)20)19-17(21)22-11-13-5-3-2-4-6-13/h2-6,12,14-15H,7-11H2,1H3,(H,19,21). The van der Waals surface area contributed by atoms with Crippen molar-refractivity contribution in [1.82, 2.24) is 5.32 Å². The number of carbonyl (C=O) groups is 2. The smallest absolute Gasteiger partial charge is 0.407 e. The third kappa shape index (κ3) is 5.02. The number of nitrogens with one attached hydrogen (secondary N) is 1. The third-order valence-corrected chi connectivity index (χ3v) is 4.67. The summed E-state index contributed by atoms with van der Waals surface area (Å²) in [7, 11) is 0. The maximum absolute atomic E-state index is 11.8.